The minimum Gasteiger partial charge on any atom is -0.492 e. The van der Waals surface area contributed by atoms with Crippen molar-refractivity contribution in [3.05, 3.63) is 41.5 Å². The maximum absolute atomic E-state index is 12.8. The topological polar surface area (TPSA) is 60.2 Å². The Kier molecular flexibility index (Phi) is 3.10. The van der Waals surface area contributed by atoms with E-state index in [1.807, 2.05) is 36.1 Å². The lowest BCUT2D eigenvalue weighted by Gasteiger charge is -2.32. The summed E-state index contributed by atoms with van der Waals surface area (Å²) in [5.74, 6) is 2.73. The Morgan fingerprint density at radius 3 is 3.05 bits per heavy atom. The van der Waals surface area contributed by atoms with Gasteiger partial charge in [0, 0.05) is 13.1 Å². The first-order valence-electron chi connectivity index (χ1n) is 7.60. The summed E-state index contributed by atoms with van der Waals surface area (Å²) in [6.45, 7) is 4.42. The van der Waals surface area contributed by atoms with Gasteiger partial charge in [-0.05, 0) is 25.0 Å². The summed E-state index contributed by atoms with van der Waals surface area (Å²) in [6, 6.07) is 7.94. The van der Waals surface area contributed by atoms with Gasteiger partial charge in [0.15, 0.2) is 5.82 Å². The van der Waals surface area contributed by atoms with Crippen LogP contribution >= 0.6 is 0 Å². The van der Waals surface area contributed by atoms with E-state index in [4.69, 9.17) is 4.74 Å². The van der Waals surface area contributed by atoms with E-state index in [0.717, 1.165) is 35.9 Å². The lowest BCUT2D eigenvalue weighted by Crippen LogP contribution is -2.44. The van der Waals surface area contributed by atoms with Gasteiger partial charge in [0.05, 0.1) is 12.5 Å². The van der Waals surface area contributed by atoms with E-state index in [1.165, 1.54) is 0 Å². The molecule has 22 heavy (non-hydrogen) atoms. The zero-order chi connectivity index (χ0) is 15.1. The summed E-state index contributed by atoms with van der Waals surface area (Å²) in [5, 5.41) is 8.24. The van der Waals surface area contributed by atoms with E-state index in [9.17, 15) is 4.79 Å². The molecule has 0 fully saturated rings. The molecular weight excluding hydrogens is 280 g/mol. The normalized spacial score (nSPS) is 20.0. The number of para-hydroxylation sites is 1. The third-order valence-electron chi connectivity index (χ3n) is 4.48. The Balaban J connectivity index is 1.49. The van der Waals surface area contributed by atoms with Gasteiger partial charge >= 0.3 is 0 Å². The van der Waals surface area contributed by atoms with Crippen LogP contribution in [0.2, 0.25) is 0 Å². The van der Waals surface area contributed by atoms with Gasteiger partial charge in [-0.15, -0.1) is 10.2 Å². The molecule has 6 heteroatoms. The number of aromatic nitrogens is 3. The molecule has 1 atom stereocenters. The number of carbonyl (C=O) groups is 1. The first kappa shape index (κ1) is 13.3. The number of benzene rings is 1. The second kappa shape index (κ2) is 5.12. The summed E-state index contributed by atoms with van der Waals surface area (Å²) >= 11 is 0. The van der Waals surface area contributed by atoms with Crippen molar-refractivity contribution in [2.75, 3.05) is 13.2 Å². The molecule has 0 spiro atoms. The molecule has 2 aromatic rings. The Morgan fingerprint density at radius 2 is 2.14 bits per heavy atom. The molecule has 4 rings (SSSR count). The molecular formula is C16H18N4O2. The van der Waals surface area contributed by atoms with E-state index in [1.54, 1.807) is 0 Å². The first-order valence-corrected chi connectivity index (χ1v) is 7.60. The number of rotatable bonds is 1. The summed E-state index contributed by atoms with van der Waals surface area (Å²) in [5.41, 5.74) is 1.11. The van der Waals surface area contributed by atoms with E-state index in [-0.39, 0.29) is 11.8 Å². The number of aryl methyl sites for hydroxylation is 1. The van der Waals surface area contributed by atoms with Crippen molar-refractivity contribution in [1.82, 2.24) is 19.7 Å². The van der Waals surface area contributed by atoms with Gasteiger partial charge < -0.3 is 14.2 Å². The maximum atomic E-state index is 12.8. The van der Waals surface area contributed by atoms with Crippen molar-refractivity contribution >= 4 is 5.91 Å². The first-order chi connectivity index (χ1) is 10.7. The van der Waals surface area contributed by atoms with Crippen LogP contribution in [0.15, 0.2) is 24.3 Å². The number of ether oxygens (including phenoxy) is 1. The zero-order valence-corrected chi connectivity index (χ0v) is 12.5. The second-order valence-electron chi connectivity index (χ2n) is 5.89. The van der Waals surface area contributed by atoms with Gasteiger partial charge in [-0.25, -0.2) is 0 Å². The SMILES string of the molecule is Cc1nnc2n1CCN(C(=O)[C@@H]1COc3ccccc3C1)C2. The molecule has 0 bridgehead atoms. The number of hydrogen-bond acceptors (Lipinski definition) is 4. The van der Waals surface area contributed by atoms with Crippen LogP contribution in [0.4, 0.5) is 0 Å². The van der Waals surface area contributed by atoms with Gasteiger partial charge in [-0.3, -0.25) is 4.79 Å². The highest BCUT2D eigenvalue weighted by Crippen LogP contribution is 2.28. The molecule has 114 valence electrons. The predicted octanol–water partition coefficient (Wildman–Crippen LogP) is 1.18. The summed E-state index contributed by atoms with van der Waals surface area (Å²) in [7, 11) is 0. The summed E-state index contributed by atoms with van der Waals surface area (Å²) in [4.78, 5) is 14.6. The van der Waals surface area contributed by atoms with Crippen LogP contribution in [0.1, 0.15) is 17.2 Å². The molecule has 0 saturated heterocycles. The average Bonchev–Trinajstić information content (AvgIpc) is 2.94. The molecule has 0 radical (unpaired) electrons. The highest BCUT2D eigenvalue weighted by atomic mass is 16.5. The largest absolute Gasteiger partial charge is 0.492 e. The maximum Gasteiger partial charge on any atom is 0.229 e. The quantitative estimate of drug-likeness (QED) is 0.793. The number of fused-ring (bicyclic) bond motifs is 2. The number of amides is 1. The standard InChI is InChI=1S/C16H18N4O2/c1-11-17-18-15-9-19(6-7-20(11)15)16(21)13-8-12-4-2-3-5-14(12)22-10-13/h2-5,13H,6-10H2,1H3/t13-/m0/s1. The van der Waals surface area contributed by atoms with Gasteiger partial charge in [-0.2, -0.15) is 0 Å². The van der Waals surface area contributed by atoms with Crippen molar-refractivity contribution in [1.29, 1.82) is 0 Å². The van der Waals surface area contributed by atoms with E-state index in [2.05, 4.69) is 14.8 Å². The molecule has 1 aromatic carbocycles. The second-order valence-corrected chi connectivity index (χ2v) is 5.89. The third-order valence-corrected chi connectivity index (χ3v) is 4.48. The smallest absolute Gasteiger partial charge is 0.229 e. The minimum atomic E-state index is -0.106. The van der Waals surface area contributed by atoms with Crippen molar-refractivity contribution in [2.24, 2.45) is 5.92 Å². The van der Waals surface area contributed by atoms with Crippen LogP contribution < -0.4 is 4.74 Å². The van der Waals surface area contributed by atoms with Gasteiger partial charge in [0.2, 0.25) is 5.91 Å². The van der Waals surface area contributed by atoms with Crippen LogP contribution in [0, 0.1) is 12.8 Å². The van der Waals surface area contributed by atoms with Gasteiger partial charge in [0.25, 0.3) is 0 Å². The van der Waals surface area contributed by atoms with Crippen molar-refractivity contribution in [3.8, 4) is 5.75 Å². The van der Waals surface area contributed by atoms with Crippen molar-refractivity contribution in [3.63, 3.8) is 0 Å². The minimum absolute atomic E-state index is 0.106. The Bertz CT molecular complexity index is 725. The van der Waals surface area contributed by atoms with Crippen LogP contribution in [-0.2, 0) is 24.3 Å². The fraction of sp³-hybridized carbons (Fsp3) is 0.438. The highest BCUT2D eigenvalue weighted by Gasteiger charge is 2.32. The lowest BCUT2D eigenvalue weighted by atomic mass is 9.95. The van der Waals surface area contributed by atoms with Gasteiger partial charge in [0.1, 0.15) is 18.2 Å². The highest BCUT2D eigenvalue weighted by molar-refractivity contribution is 5.79. The van der Waals surface area contributed by atoms with Crippen LogP contribution in [0.3, 0.4) is 0 Å². The predicted molar refractivity (Wildman–Crippen MR) is 79.3 cm³/mol. The molecule has 0 aliphatic carbocycles. The molecule has 1 aromatic heterocycles. The molecule has 0 unspecified atom stereocenters. The van der Waals surface area contributed by atoms with Gasteiger partial charge in [-0.1, -0.05) is 18.2 Å². The third kappa shape index (κ3) is 2.15. The molecule has 1 amide bonds. The Hall–Kier alpha value is -2.37. The molecule has 0 saturated carbocycles. The zero-order valence-electron chi connectivity index (χ0n) is 12.5. The molecule has 2 aliphatic rings. The number of hydrogen-bond donors (Lipinski definition) is 0. The number of carbonyl (C=O) groups excluding carboxylic acids is 1. The molecule has 3 heterocycles. The fourth-order valence-corrected chi connectivity index (χ4v) is 3.24. The lowest BCUT2D eigenvalue weighted by molar-refractivity contribution is -0.138. The van der Waals surface area contributed by atoms with Crippen molar-refractivity contribution in [2.45, 2.75) is 26.4 Å². The molecule has 0 N–H and O–H groups in total. The Labute approximate surface area is 128 Å². The van der Waals surface area contributed by atoms with Crippen LogP contribution in [-0.4, -0.2) is 38.7 Å². The van der Waals surface area contributed by atoms with Crippen molar-refractivity contribution < 1.29 is 9.53 Å². The average molecular weight is 298 g/mol. The fourth-order valence-electron chi connectivity index (χ4n) is 3.24. The van der Waals surface area contributed by atoms with E-state index >= 15 is 0 Å². The van der Waals surface area contributed by atoms with E-state index in [0.29, 0.717) is 19.7 Å². The Morgan fingerprint density at radius 1 is 1.27 bits per heavy atom. The molecule has 2 aliphatic heterocycles. The summed E-state index contributed by atoms with van der Waals surface area (Å²) in [6.07, 6.45) is 0.747. The molecule has 6 nitrogen and oxygen atoms in total. The van der Waals surface area contributed by atoms with E-state index < -0.39 is 0 Å². The van der Waals surface area contributed by atoms with Crippen LogP contribution in [0.25, 0.3) is 0 Å². The monoisotopic (exact) mass is 298 g/mol. The van der Waals surface area contributed by atoms with Crippen LogP contribution in [0.5, 0.6) is 5.75 Å². The number of nitrogens with zero attached hydrogens (tertiary/aromatic N) is 4. The summed E-state index contributed by atoms with van der Waals surface area (Å²) < 4.78 is 7.82.